The first-order valence-corrected chi connectivity index (χ1v) is 5.27. The molecule has 4 heteroatoms. The molecule has 0 saturated carbocycles. The number of aromatic nitrogens is 3. The van der Waals surface area contributed by atoms with Gasteiger partial charge >= 0.3 is 0 Å². The summed E-state index contributed by atoms with van der Waals surface area (Å²) in [5.74, 6) is 0. The van der Waals surface area contributed by atoms with Gasteiger partial charge in [-0.25, -0.2) is 9.50 Å². The van der Waals surface area contributed by atoms with Gasteiger partial charge in [-0.2, -0.15) is 5.10 Å². The zero-order valence-corrected chi connectivity index (χ0v) is 9.09. The van der Waals surface area contributed by atoms with Gasteiger partial charge in [-0.3, -0.25) is 0 Å². The minimum Gasteiger partial charge on any atom is -0.236 e. The summed E-state index contributed by atoms with van der Waals surface area (Å²) in [5.41, 5.74) is 2.93. The predicted octanol–water partition coefficient (Wildman–Crippen LogP) is 3.05. The summed E-state index contributed by atoms with van der Waals surface area (Å²) in [4.78, 5) is 4.31. The largest absolute Gasteiger partial charge is 0.236 e. The maximum absolute atomic E-state index is 5.85. The number of halogens is 1. The Morgan fingerprint density at radius 2 is 1.94 bits per heavy atom. The normalized spacial score (nSPS) is 10.8. The monoisotopic (exact) mass is 229 g/mol. The summed E-state index contributed by atoms with van der Waals surface area (Å²) in [6.07, 6.45) is 5.45. The standard InChI is InChI=1S/C12H8ClN3/c13-10-4-2-9(3-5-10)11-8-15-16-7-1-6-14-12(11)16/h1-8H. The zero-order chi connectivity index (χ0) is 11.0. The van der Waals surface area contributed by atoms with E-state index >= 15 is 0 Å². The predicted molar refractivity (Wildman–Crippen MR) is 63.4 cm³/mol. The van der Waals surface area contributed by atoms with Crippen LogP contribution in [0.2, 0.25) is 5.02 Å². The van der Waals surface area contributed by atoms with Crippen molar-refractivity contribution in [2.24, 2.45) is 0 Å². The molecule has 0 atom stereocenters. The Morgan fingerprint density at radius 3 is 2.75 bits per heavy atom. The molecule has 0 saturated heterocycles. The molecule has 0 spiro atoms. The fourth-order valence-corrected chi connectivity index (χ4v) is 1.79. The molecule has 0 radical (unpaired) electrons. The molecule has 0 aliphatic heterocycles. The summed E-state index contributed by atoms with van der Waals surface area (Å²) in [6, 6.07) is 9.51. The van der Waals surface area contributed by atoms with Crippen LogP contribution in [0.15, 0.2) is 48.9 Å². The van der Waals surface area contributed by atoms with Crippen molar-refractivity contribution in [1.29, 1.82) is 0 Å². The molecule has 16 heavy (non-hydrogen) atoms. The highest BCUT2D eigenvalue weighted by molar-refractivity contribution is 6.30. The van der Waals surface area contributed by atoms with Crippen LogP contribution in [0, 0.1) is 0 Å². The van der Waals surface area contributed by atoms with Crippen molar-refractivity contribution in [3.8, 4) is 11.1 Å². The lowest BCUT2D eigenvalue weighted by molar-refractivity contribution is 0.939. The fraction of sp³-hybridized carbons (Fsp3) is 0. The molecule has 78 valence electrons. The quantitative estimate of drug-likeness (QED) is 0.642. The summed E-state index contributed by atoms with van der Waals surface area (Å²) in [5, 5.41) is 4.97. The molecule has 0 bridgehead atoms. The van der Waals surface area contributed by atoms with Gasteiger partial charge in [-0.15, -0.1) is 0 Å². The average molecular weight is 230 g/mol. The van der Waals surface area contributed by atoms with E-state index in [1.807, 2.05) is 42.7 Å². The van der Waals surface area contributed by atoms with E-state index in [9.17, 15) is 0 Å². The number of hydrogen-bond donors (Lipinski definition) is 0. The van der Waals surface area contributed by atoms with Crippen molar-refractivity contribution in [3.05, 3.63) is 53.9 Å². The van der Waals surface area contributed by atoms with Crippen LogP contribution in [-0.4, -0.2) is 14.6 Å². The summed E-state index contributed by atoms with van der Waals surface area (Å²) in [6.45, 7) is 0. The highest BCUT2D eigenvalue weighted by Gasteiger charge is 2.06. The molecule has 0 amide bonds. The average Bonchev–Trinajstić information content (AvgIpc) is 2.74. The first-order valence-electron chi connectivity index (χ1n) is 4.89. The van der Waals surface area contributed by atoms with Crippen molar-refractivity contribution >= 4 is 17.2 Å². The number of rotatable bonds is 1. The summed E-state index contributed by atoms with van der Waals surface area (Å²) >= 11 is 5.85. The van der Waals surface area contributed by atoms with E-state index < -0.39 is 0 Å². The van der Waals surface area contributed by atoms with Crippen LogP contribution >= 0.6 is 11.6 Å². The van der Waals surface area contributed by atoms with Gasteiger partial charge < -0.3 is 0 Å². The van der Waals surface area contributed by atoms with Crippen LogP contribution in [0.25, 0.3) is 16.8 Å². The van der Waals surface area contributed by atoms with Crippen molar-refractivity contribution in [1.82, 2.24) is 14.6 Å². The minimum atomic E-state index is 0.730. The van der Waals surface area contributed by atoms with E-state index in [0.717, 1.165) is 21.8 Å². The molecule has 2 heterocycles. The molecular weight excluding hydrogens is 222 g/mol. The Bertz CT molecular complexity index is 628. The van der Waals surface area contributed by atoms with E-state index in [-0.39, 0.29) is 0 Å². The van der Waals surface area contributed by atoms with Crippen LogP contribution in [-0.2, 0) is 0 Å². The molecule has 0 N–H and O–H groups in total. The Balaban J connectivity index is 2.22. The van der Waals surface area contributed by atoms with E-state index in [1.165, 1.54) is 0 Å². The third-order valence-corrected chi connectivity index (χ3v) is 2.69. The highest BCUT2D eigenvalue weighted by atomic mass is 35.5. The molecule has 1 aromatic carbocycles. The van der Waals surface area contributed by atoms with Crippen LogP contribution < -0.4 is 0 Å². The second kappa shape index (κ2) is 3.61. The van der Waals surface area contributed by atoms with E-state index in [2.05, 4.69) is 10.1 Å². The number of hydrogen-bond acceptors (Lipinski definition) is 2. The molecule has 3 aromatic rings. The third kappa shape index (κ3) is 1.46. The first kappa shape index (κ1) is 9.36. The molecule has 2 aromatic heterocycles. The van der Waals surface area contributed by atoms with Crippen molar-refractivity contribution in [2.45, 2.75) is 0 Å². The Morgan fingerprint density at radius 1 is 1.12 bits per heavy atom. The smallest absolute Gasteiger partial charge is 0.162 e. The highest BCUT2D eigenvalue weighted by Crippen LogP contribution is 2.24. The van der Waals surface area contributed by atoms with E-state index in [0.29, 0.717) is 0 Å². The molecule has 3 rings (SSSR count). The Labute approximate surface area is 97.3 Å². The zero-order valence-electron chi connectivity index (χ0n) is 8.34. The van der Waals surface area contributed by atoms with Gasteiger partial charge in [0.25, 0.3) is 0 Å². The lowest BCUT2D eigenvalue weighted by atomic mass is 10.1. The number of fused-ring (bicyclic) bond motifs is 1. The maximum Gasteiger partial charge on any atom is 0.162 e. The molecule has 3 nitrogen and oxygen atoms in total. The second-order valence-corrected chi connectivity index (χ2v) is 3.89. The van der Waals surface area contributed by atoms with Gasteiger partial charge in [0, 0.05) is 23.0 Å². The van der Waals surface area contributed by atoms with Gasteiger partial charge in [0.2, 0.25) is 0 Å². The lowest BCUT2D eigenvalue weighted by Crippen LogP contribution is -1.87. The van der Waals surface area contributed by atoms with Crippen molar-refractivity contribution < 1.29 is 0 Å². The molecular formula is C12H8ClN3. The van der Waals surface area contributed by atoms with Crippen LogP contribution in [0.4, 0.5) is 0 Å². The van der Waals surface area contributed by atoms with Crippen molar-refractivity contribution in [3.63, 3.8) is 0 Å². The van der Waals surface area contributed by atoms with Gasteiger partial charge in [0.1, 0.15) is 0 Å². The van der Waals surface area contributed by atoms with Crippen molar-refractivity contribution in [2.75, 3.05) is 0 Å². The second-order valence-electron chi connectivity index (χ2n) is 3.45. The molecule has 0 aliphatic rings. The van der Waals surface area contributed by atoms with Gasteiger partial charge in [-0.1, -0.05) is 23.7 Å². The topological polar surface area (TPSA) is 30.2 Å². The van der Waals surface area contributed by atoms with Gasteiger partial charge in [0.05, 0.1) is 6.20 Å². The minimum absolute atomic E-state index is 0.730. The first-order chi connectivity index (χ1) is 7.84. The Kier molecular flexibility index (Phi) is 2.11. The molecule has 0 aliphatic carbocycles. The van der Waals surface area contributed by atoms with Crippen LogP contribution in [0.3, 0.4) is 0 Å². The van der Waals surface area contributed by atoms with E-state index in [4.69, 9.17) is 11.6 Å². The van der Waals surface area contributed by atoms with Gasteiger partial charge in [-0.05, 0) is 23.8 Å². The van der Waals surface area contributed by atoms with Crippen LogP contribution in [0.5, 0.6) is 0 Å². The number of benzene rings is 1. The van der Waals surface area contributed by atoms with Gasteiger partial charge in [0.15, 0.2) is 5.65 Å². The third-order valence-electron chi connectivity index (χ3n) is 2.43. The summed E-state index contributed by atoms with van der Waals surface area (Å²) in [7, 11) is 0. The molecule has 0 unspecified atom stereocenters. The Hall–Kier alpha value is -1.87. The summed E-state index contributed by atoms with van der Waals surface area (Å²) < 4.78 is 1.75. The SMILES string of the molecule is Clc1ccc(-c2cnn3cccnc23)cc1. The van der Waals surface area contributed by atoms with Crippen LogP contribution in [0.1, 0.15) is 0 Å². The fourth-order valence-electron chi connectivity index (χ4n) is 1.66. The number of nitrogens with zero attached hydrogens (tertiary/aromatic N) is 3. The molecule has 0 fully saturated rings. The van der Waals surface area contributed by atoms with E-state index in [1.54, 1.807) is 10.7 Å². The lowest BCUT2D eigenvalue weighted by Gasteiger charge is -1.98. The maximum atomic E-state index is 5.85.